The standard InChI is InChI=1S/C21H22N6O2/c1-13-17(21(29)26-20(24-13)19-22-7-3-8-23-19)11-18(28)25-16-5-4-14-6-9-27(2)12-15(14)10-16/h3-5,7-8,10H,6,9,11-12H2,1-2H3,(H,25,28)(H,24,26,29). The van der Waals surface area contributed by atoms with Crippen LogP contribution in [-0.4, -0.2) is 44.3 Å². The van der Waals surface area contributed by atoms with Crippen molar-refractivity contribution in [2.75, 3.05) is 18.9 Å². The highest BCUT2D eigenvalue weighted by molar-refractivity contribution is 5.92. The Labute approximate surface area is 168 Å². The van der Waals surface area contributed by atoms with Crippen LogP contribution in [0.3, 0.4) is 0 Å². The average Bonchev–Trinajstić information content (AvgIpc) is 2.71. The molecule has 1 aromatic carbocycles. The molecule has 0 spiro atoms. The fourth-order valence-corrected chi connectivity index (χ4v) is 3.49. The molecule has 0 fully saturated rings. The van der Waals surface area contributed by atoms with Gasteiger partial charge in [-0.2, -0.15) is 0 Å². The number of amides is 1. The molecule has 2 aromatic heterocycles. The van der Waals surface area contributed by atoms with E-state index in [0.717, 1.165) is 25.2 Å². The normalized spacial score (nSPS) is 13.7. The molecule has 3 aromatic rings. The van der Waals surface area contributed by atoms with Gasteiger partial charge in [0.2, 0.25) is 5.91 Å². The van der Waals surface area contributed by atoms with Crippen molar-refractivity contribution in [3.05, 3.63) is 69.4 Å². The number of aryl methyl sites for hydroxylation is 1. The van der Waals surface area contributed by atoms with Crippen molar-refractivity contribution >= 4 is 11.6 Å². The van der Waals surface area contributed by atoms with Crippen LogP contribution in [0.2, 0.25) is 0 Å². The lowest BCUT2D eigenvalue weighted by Crippen LogP contribution is -2.27. The van der Waals surface area contributed by atoms with E-state index < -0.39 is 0 Å². The summed E-state index contributed by atoms with van der Waals surface area (Å²) < 4.78 is 0. The molecule has 8 nitrogen and oxygen atoms in total. The molecular weight excluding hydrogens is 368 g/mol. The molecule has 2 N–H and O–H groups in total. The van der Waals surface area contributed by atoms with Crippen LogP contribution in [0.5, 0.6) is 0 Å². The summed E-state index contributed by atoms with van der Waals surface area (Å²) in [5.74, 6) is 0.368. The number of anilines is 1. The third-order valence-corrected chi connectivity index (χ3v) is 5.03. The summed E-state index contributed by atoms with van der Waals surface area (Å²) in [6, 6.07) is 7.67. The molecule has 1 aliphatic heterocycles. The van der Waals surface area contributed by atoms with Gasteiger partial charge in [-0.3, -0.25) is 9.59 Å². The van der Waals surface area contributed by atoms with E-state index in [1.807, 2.05) is 12.1 Å². The topological polar surface area (TPSA) is 104 Å². The second-order valence-corrected chi connectivity index (χ2v) is 7.25. The molecule has 0 unspecified atom stereocenters. The quantitative estimate of drug-likeness (QED) is 0.703. The second kappa shape index (κ2) is 7.92. The highest BCUT2D eigenvalue weighted by Crippen LogP contribution is 2.22. The number of hydrogen-bond donors (Lipinski definition) is 2. The highest BCUT2D eigenvalue weighted by Gasteiger charge is 2.16. The molecular formula is C21H22N6O2. The van der Waals surface area contributed by atoms with Crippen molar-refractivity contribution in [3.8, 4) is 11.6 Å². The minimum atomic E-state index is -0.359. The molecule has 0 bridgehead atoms. The Kier molecular flexibility index (Phi) is 5.18. The van der Waals surface area contributed by atoms with E-state index in [2.05, 4.69) is 43.3 Å². The third-order valence-electron chi connectivity index (χ3n) is 5.03. The fourth-order valence-electron chi connectivity index (χ4n) is 3.49. The summed E-state index contributed by atoms with van der Waals surface area (Å²) in [4.78, 5) is 42.5. The first kappa shape index (κ1) is 18.9. The van der Waals surface area contributed by atoms with Gasteiger partial charge in [0.15, 0.2) is 11.6 Å². The highest BCUT2D eigenvalue weighted by atomic mass is 16.2. The maximum absolute atomic E-state index is 12.5. The van der Waals surface area contributed by atoms with Crippen molar-refractivity contribution in [1.29, 1.82) is 0 Å². The number of nitrogens with one attached hydrogen (secondary N) is 2. The molecule has 1 amide bonds. The van der Waals surface area contributed by atoms with Crippen LogP contribution < -0.4 is 10.9 Å². The third kappa shape index (κ3) is 4.22. The predicted octanol–water partition coefficient (Wildman–Crippen LogP) is 1.70. The number of rotatable bonds is 4. The number of likely N-dealkylation sites (N-methyl/N-ethyl adjacent to an activating group) is 1. The first-order valence-electron chi connectivity index (χ1n) is 9.47. The summed E-state index contributed by atoms with van der Waals surface area (Å²) in [7, 11) is 2.08. The number of nitrogens with zero attached hydrogens (tertiary/aromatic N) is 4. The van der Waals surface area contributed by atoms with Crippen molar-refractivity contribution in [3.63, 3.8) is 0 Å². The Morgan fingerprint density at radius 1 is 1.24 bits per heavy atom. The first-order valence-corrected chi connectivity index (χ1v) is 9.47. The summed E-state index contributed by atoms with van der Waals surface area (Å²) in [6.07, 6.45) is 4.11. The van der Waals surface area contributed by atoms with Gasteiger partial charge in [-0.1, -0.05) is 6.07 Å². The van der Waals surface area contributed by atoms with Crippen LogP contribution in [0.4, 0.5) is 5.69 Å². The van der Waals surface area contributed by atoms with E-state index in [1.165, 1.54) is 11.1 Å². The number of hydrogen-bond acceptors (Lipinski definition) is 6. The van der Waals surface area contributed by atoms with E-state index in [9.17, 15) is 9.59 Å². The molecule has 8 heteroatoms. The number of carbonyl (C=O) groups is 1. The van der Waals surface area contributed by atoms with E-state index >= 15 is 0 Å². The van der Waals surface area contributed by atoms with Gasteiger partial charge < -0.3 is 15.2 Å². The van der Waals surface area contributed by atoms with Gasteiger partial charge in [0.1, 0.15) is 0 Å². The molecule has 148 valence electrons. The molecule has 0 atom stereocenters. The Bertz CT molecular complexity index is 1110. The first-order chi connectivity index (χ1) is 14.0. The van der Waals surface area contributed by atoms with Crippen LogP contribution in [0.25, 0.3) is 11.6 Å². The van der Waals surface area contributed by atoms with Gasteiger partial charge in [0.05, 0.1) is 6.42 Å². The lowest BCUT2D eigenvalue weighted by Gasteiger charge is -2.25. The molecule has 4 rings (SSSR count). The van der Waals surface area contributed by atoms with Crippen molar-refractivity contribution in [1.82, 2.24) is 24.8 Å². The van der Waals surface area contributed by atoms with Gasteiger partial charge in [-0.15, -0.1) is 0 Å². The van der Waals surface area contributed by atoms with Crippen LogP contribution in [-0.2, 0) is 24.2 Å². The van der Waals surface area contributed by atoms with Crippen LogP contribution >= 0.6 is 0 Å². The van der Waals surface area contributed by atoms with E-state index in [1.54, 1.807) is 25.4 Å². The Morgan fingerprint density at radius 3 is 2.79 bits per heavy atom. The maximum Gasteiger partial charge on any atom is 0.255 e. The Hall–Kier alpha value is -3.39. The van der Waals surface area contributed by atoms with Gasteiger partial charge in [0, 0.05) is 42.4 Å². The van der Waals surface area contributed by atoms with E-state index in [0.29, 0.717) is 17.1 Å². The predicted molar refractivity (Wildman–Crippen MR) is 109 cm³/mol. The number of benzene rings is 1. The summed E-state index contributed by atoms with van der Waals surface area (Å²) in [5.41, 5.74) is 3.73. The molecule has 29 heavy (non-hydrogen) atoms. The van der Waals surface area contributed by atoms with Crippen molar-refractivity contribution in [2.45, 2.75) is 26.3 Å². The van der Waals surface area contributed by atoms with E-state index in [-0.39, 0.29) is 23.7 Å². The lowest BCUT2D eigenvalue weighted by atomic mass is 9.99. The lowest BCUT2D eigenvalue weighted by molar-refractivity contribution is -0.115. The zero-order chi connectivity index (χ0) is 20.4. The summed E-state index contributed by atoms with van der Waals surface area (Å²) in [6.45, 7) is 3.61. The summed E-state index contributed by atoms with van der Waals surface area (Å²) in [5, 5.41) is 2.89. The van der Waals surface area contributed by atoms with Crippen molar-refractivity contribution in [2.24, 2.45) is 0 Å². The smallest absolute Gasteiger partial charge is 0.255 e. The van der Waals surface area contributed by atoms with E-state index in [4.69, 9.17) is 0 Å². The number of aromatic amines is 1. The SMILES string of the molecule is Cc1nc(-c2ncccn2)[nH]c(=O)c1CC(=O)Nc1ccc2c(c1)CN(C)CC2. The molecule has 0 saturated heterocycles. The maximum atomic E-state index is 12.5. The monoisotopic (exact) mass is 390 g/mol. The molecule has 0 aliphatic carbocycles. The fraction of sp³-hybridized carbons (Fsp3) is 0.286. The minimum absolute atomic E-state index is 0.0545. The van der Waals surface area contributed by atoms with Crippen molar-refractivity contribution < 1.29 is 4.79 Å². The average molecular weight is 390 g/mol. The van der Waals surface area contributed by atoms with Gasteiger partial charge >= 0.3 is 0 Å². The largest absolute Gasteiger partial charge is 0.326 e. The Balaban J connectivity index is 1.50. The number of H-pyrrole nitrogens is 1. The zero-order valence-corrected chi connectivity index (χ0v) is 16.4. The molecule has 3 heterocycles. The Morgan fingerprint density at radius 2 is 2.03 bits per heavy atom. The number of carbonyl (C=O) groups excluding carboxylic acids is 1. The second-order valence-electron chi connectivity index (χ2n) is 7.25. The number of aromatic nitrogens is 4. The number of fused-ring (bicyclic) bond motifs is 1. The molecule has 1 aliphatic rings. The molecule has 0 saturated carbocycles. The van der Waals surface area contributed by atoms with Crippen LogP contribution in [0, 0.1) is 6.92 Å². The van der Waals surface area contributed by atoms with Gasteiger partial charge in [-0.25, -0.2) is 15.0 Å². The minimum Gasteiger partial charge on any atom is -0.326 e. The zero-order valence-electron chi connectivity index (χ0n) is 16.4. The molecule has 0 radical (unpaired) electrons. The van der Waals surface area contributed by atoms with Crippen LogP contribution in [0.15, 0.2) is 41.5 Å². The van der Waals surface area contributed by atoms with Crippen LogP contribution in [0.1, 0.15) is 22.4 Å². The van der Waals surface area contributed by atoms with Gasteiger partial charge in [0.25, 0.3) is 5.56 Å². The summed E-state index contributed by atoms with van der Waals surface area (Å²) >= 11 is 0. The van der Waals surface area contributed by atoms with Gasteiger partial charge in [-0.05, 0) is 49.7 Å².